The van der Waals surface area contributed by atoms with Gasteiger partial charge in [-0.3, -0.25) is 4.98 Å². The van der Waals surface area contributed by atoms with Crippen LogP contribution in [0.15, 0.2) is 42.6 Å². The molecule has 1 aromatic carbocycles. The summed E-state index contributed by atoms with van der Waals surface area (Å²) in [4.78, 5) is 9.00. The first-order valence-corrected chi connectivity index (χ1v) is 10.3. The van der Waals surface area contributed by atoms with Gasteiger partial charge in [-0.1, -0.05) is 12.1 Å². The van der Waals surface area contributed by atoms with Gasteiger partial charge in [0.1, 0.15) is 16.7 Å². The van der Waals surface area contributed by atoms with Crippen LogP contribution in [0.3, 0.4) is 0 Å². The molecule has 1 saturated heterocycles. The van der Waals surface area contributed by atoms with Crippen molar-refractivity contribution in [1.82, 2.24) is 35.2 Å². The molecule has 1 unspecified atom stereocenters. The Bertz CT molecular complexity index is 1230. The van der Waals surface area contributed by atoms with Crippen LogP contribution >= 0.6 is 0 Å². The first-order chi connectivity index (χ1) is 13.1. The van der Waals surface area contributed by atoms with E-state index in [1.807, 2.05) is 36.4 Å². The molecule has 9 nitrogen and oxygen atoms in total. The third kappa shape index (κ3) is 2.78. The van der Waals surface area contributed by atoms with E-state index in [0.717, 1.165) is 5.56 Å². The average molecular weight is 381 g/mol. The highest BCUT2D eigenvalue weighted by atomic mass is 32.2. The van der Waals surface area contributed by atoms with E-state index in [2.05, 4.69) is 30.5 Å². The molecule has 0 spiro atoms. The van der Waals surface area contributed by atoms with Gasteiger partial charge in [-0.25, -0.2) is 18.1 Å². The molecule has 5 rings (SSSR count). The Kier molecular flexibility index (Phi) is 3.54. The monoisotopic (exact) mass is 381 g/mol. The van der Waals surface area contributed by atoms with Gasteiger partial charge in [-0.05, 0) is 30.7 Å². The van der Waals surface area contributed by atoms with E-state index >= 15 is 0 Å². The second-order valence-corrected chi connectivity index (χ2v) is 8.70. The lowest BCUT2D eigenvalue weighted by Gasteiger charge is -2.11. The summed E-state index contributed by atoms with van der Waals surface area (Å²) in [5, 5.41) is 15.6. The van der Waals surface area contributed by atoms with E-state index in [-0.39, 0.29) is 17.5 Å². The first-order valence-electron chi connectivity index (χ1n) is 8.49. The van der Waals surface area contributed by atoms with Gasteiger partial charge >= 0.3 is 0 Å². The molecule has 1 fully saturated rings. The summed E-state index contributed by atoms with van der Waals surface area (Å²) >= 11 is 0. The number of nitrogens with one attached hydrogen (secondary N) is 1. The Morgan fingerprint density at radius 3 is 2.81 bits per heavy atom. The molecule has 3 aromatic heterocycles. The number of hydrogen-bond donors (Lipinski definition) is 1. The van der Waals surface area contributed by atoms with Gasteiger partial charge in [0.25, 0.3) is 0 Å². The van der Waals surface area contributed by atoms with Gasteiger partial charge in [0.15, 0.2) is 21.5 Å². The smallest absolute Gasteiger partial charge is 0.200 e. The zero-order valence-electron chi connectivity index (χ0n) is 14.1. The summed E-state index contributed by atoms with van der Waals surface area (Å²) in [6.07, 6.45) is 2.18. The highest BCUT2D eigenvalue weighted by Gasteiger charge is 2.32. The number of pyridine rings is 1. The van der Waals surface area contributed by atoms with Crippen molar-refractivity contribution >= 4 is 20.9 Å². The van der Waals surface area contributed by atoms with Crippen molar-refractivity contribution in [2.24, 2.45) is 0 Å². The van der Waals surface area contributed by atoms with Crippen LogP contribution in [0.2, 0.25) is 0 Å². The summed E-state index contributed by atoms with van der Waals surface area (Å²) < 4.78 is 25.7. The highest BCUT2D eigenvalue weighted by Crippen LogP contribution is 2.32. The number of para-hydroxylation sites is 1. The molecule has 136 valence electrons. The van der Waals surface area contributed by atoms with Gasteiger partial charge in [0, 0.05) is 11.8 Å². The van der Waals surface area contributed by atoms with E-state index in [4.69, 9.17) is 0 Å². The Balaban J connectivity index is 1.71. The minimum Gasteiger partial charge on any atom is -0.253 e. The number of aromatic nitrogens is 7. The normalized spacial score (nSPS) is 18.9. The lowest BCUT2D eigenvalue weighted by molar-refractivity contribution is 0.505. The standard InChI is InChI=1S/C17H15N7O2S/c25-27(26)9-7-11(10-27)24-17(12-4-3-6-13-15(12)21-23-20-13)19-16(22-24)14-5-1-2-8-18-14/h1-6,8,11H,7,9-10H2,(H,20,21,23). The number of aromatic amines is 1. The van der Waals surface area contributed by atoms with E-state index in [0.29, 0.717) is 34.8 Å². The minimum atomic E-state index is -3.07. The largest absolute Gasteiger partial charge is 0.253 e. The minimum absolute atomic E-state index is 0.0554. The van der Waals surface area contributed by atoms with Crippen LogP contribution in [-0.2, 0) is 9.84 Å². The quantitative estimate of drug-likeness (QED) is 0.573. The van der Waals surface area contributed by atoms with Crippen LogP contribution in [-0.4, -0.2) is 55.1 Å². The van der Waals surface area contributed by atoms with Crippen LogP contribution in [0, 0.1) is 0 Å². The molecule has 1 N–H and O–H groups in total. The maximum Gasteiger partial charge on any atom is 0.200 e. The Hall–Kier alpha value is -3.14. The molecule has 1 atom stereocenters. The maximum atomic E-state index is 12.0. The SMILES string of the molecule is O=S1(=O)CCC(n2nc(-c3ccccn3)nc2-c2cccc3n[nH]nc23)C1. The van der Waals surface area contributed by atoms with Crippen molar-refractivity contribution in [3.8, 4) is 22.9 Å². The molecule has 27 heavy (non-hydrogen) atoms. The fraction of sp³-hybridized carbons (Fsp3) is 0.235. The number of sulfone groups is 1. The molecule has 10 heteroatoms. The van der Waals surface area contributed by atoms with Gasteiger partial charge < -0.3 is 0 Å². The van der Waals surface area contributed by atoms with Crippen molar-refractivity contribution in [2.75, 3.05) is 11.5 Å². The van der Waals surface area contributed by atoms with Crippen LogP contribution in [0.25, 0.3) is 33.9 Å². The third-order valence-electron chi connectivity index (χ3n) is 4.67. The predicted molar refractivity (Wildman–Crippen MR) is 98.4 cm³/mol. The fourth-order valence-corrected chi connectivity index (χ4v) is 5.07. The highest BCUT2D eigenvalue weighted by molar-refractivity contribution is 7.91. The van der Waals surface area contributed by atoms with Crippen molar-refractivity contribution < 1.29 is 8.42 Å². The summed E-state index contributed by atoms with van der Waals surface area (Å²) in [7, 11) is -3.07. The van der Waals surface area contributed by atoms with Crippen molar-refractivity contribution in [2.45, 2.75) is 12.5 Å². The van der Waals surface area contributed by atoms with E-state index in [1.54, 1.807) is 10.9 Å². The van der Waals surface area contributed by atoms with Gasteiger partial charge in [0.05, 0.1) is 17.5 Å². The Morgan fingerprint density at radius 2 is 2.04 bits per heavy atom. The Labute approximate surface area is 154 Å². The molecular formula is C17H15N7O2S. The number of rotatable bonds is 3. The van der Waals surface area contributed by atoms with Crippen molar-refractivity contribution in [3.05, 3.63) is 42.6 Å². The van der Waals surface area contributed by atoms with Gasteiger partial charge in [-0.15, -0.1) is 5.10 Å². The molecule has 0 bridgehead atoms. The molecular weight excluding hydrogens is 366 g/mol. The maximum absolute atomic E-state index is 12.0. The van der Waals surface area contributed by atoms with Crippen molar-refractivity contribution in [1.29, 1.82) is 0 Å². The van der Waals surface area contributed by atoms with Gasteiger partial charge in [-0.2, -0.15) is 15.4 Å². The second-order valence-electron chi connectivity index (χ2n) is 6.47. The number of nitrogens with zero attached hydrogens (tertiary/aromatic N) is 6. The summed E-state index contributed by atoms with van der Waals surface area (Å²) in [5.41, 5.74) is 2.76. The van der Waals surface area contributed by atoms with E-state index in [9.17, 15) is 8.42 Å². The second kappa shape index (κ2) is 5.95. The lowest BCUT2D eigenvalue weighted by atomic mass is 10.1. The molecule has 1 aliphatic heterocycles. The molecule has 4 aromatic rings. The molecule has 1 aliphatic rings. The summed E-state index contributed by atoms with van der Waals surface area (Å²) in [6, 6.07) is 10.8. The lowest BCUT2D eigenvalue weighted by Crippen LogP contribution is -2.14. The van der Waals surface area contributed by atoms with Crippen LogP contribution in [0.5, 0.6) is 0 Å². The average Bonchev–Trinajstić information content (AvgIpc) is 3.39. The number of benzene rings is 1. The fourth-order valence-electron chi connectivity index (χ4n) is 3.38. The number of hydrogen-bond acceptors (Lipinski definition) is 7. The number of H-pyrrole nitrogens is 1. The summed E-state index contributed by atoms with van der Waals surface area (Å²) in [6.45, 7) is 0. The topological polar surface area (TPSA) is 119 Å². The molecule has 0 radical (unpaired) electrons. The van der Waals surface area contributed by atoms with E-state index < -0.39 is 9.84 Å². The van der Waals surface area contributed by atoms with Crippen LogP contribution in [0.4, 0.5) is 0 Å². The van der Waals surface area contributed by atoms with E-state index in [1.165, 1.54) is 0 Å². The molecule has 0 amide bonds. The molecule has 4 heterocycles. The Morgan fingerprint density at radius 1 is 1.11 bits per heavy atom. The molecule has 0 saturated carbocycles. The summed E-state index contributed by atoms with van der Waals surface area (Å²) in [5.74, 6) is 1.23. The van der Waals surface area contributed by atoms with Crippen molar-refractivity contribution in [3.63, 3.8) is 0 Å². The van der Waals surface area contributed by atoms with Gasteiger partial charge in [0.2, 0.25) is 0 Å². The first kappa shape index (κ1) is 16.1. The van der Waals surface area contributed by atoms with Crippen LogP contribution < -0.4 is 0 Å². The van der Waals surface area contributed by atoms with Crippen LogP contribution in [0.1, 0.15) is 12.5 Å². The predicted octanol–water partition coefficient (Wildman–Crippen LogP) is 1.64. The zero-order chi connectivity index (χ0) is 18.4. The third-order valence-corrected chi connectivity index (χ3v) is 6.42. The number of fused-ring (bicyclic) bond motifs is 1. The zero-order valence-corrected chi connectivity index (χ0v) is 15.0. The molecule has 0 aliphatic carbocycles.